The molecule has 27 heavy (non-hydrogen) atoms. The number of nitrogens with zero attached hydrogens (tertiary/aromatic N) is 4. The highest BCUT2D eigenvalue weighted by Crippen LogP contribution is 2.20. The monoisotopic (exact) mass is 356 g/mol. The topological polar surface area (TPSA) is 90.4 Å². The number of carbonyl (C=O) groups is 1. The van der Waals surface area contributed by atoms with Crippen molar-refractivity contribution in [2.45, 2.75) is 6.42 Å². The number of Topliss-reactive ketones (excluding diaryl/α,β-unsaturated/α-hetero) is 1. The molecule has 0 amide bonds. The molecule has 0 saturated carbocycles. The van der Waals surface area contributed by atoms with Crippen molar-refractivity contribution < 1.29 is 9.21 Å². The zero-order chi connectivity index (χ0) is 18.4. The second-order valence-electron chi connectivity index (χ2n) is 6.14. The van der Waals surface area contributed by atoms with Crippen LogP contribution in [-0.4, -0.2) is 25.4 Å². The van der Waals surface area contributed by atoms with Crippen LogP contribution in [0.4, 0.5) is 0 Å². The van der Waals surface area contributed by atoms with Crippen LogP contribution in [0.1, 0.15) is 16.2 Å². The number of aromatic nitrogens is 4. The Labute approximate surface area is 151 Å². The average molecular weight is 356 g/mol. The van der Waals surface area contributed by atoms with Gasteiger partial charge in [-0.3, -0.25) is 9.59 Å². The summed E-state index contributed by atoms with van der Waals surface area (Å²) in [5, 5.41) is 5.81. The molecule has 0 unspecified atom stereocenters. The predicted molar refractivity (Wildman–Crippen MR) is 98.8 cm³/mol. The van der Waals surface area contributed by atoms with Crippen molar-refractivity contribution in [1.29, 1.82) is 0 Å². The first-order valence-corrected chi connectivity index (χ1v) is 8.34. The predicted octanol–water partition coefficient (Wildman–Crippen LogP) is 2.81. The van der Waals surface area contributed by atoms with E-state index in [-0.39, 0.29) is 23.7 Å². The fourth-order valence-electron chi connectivity index (χ4n) is 3.06. The van der Waals surface area contributed by atoms with Crippen LogP contribution in [0.2, 0.25) is 0 Å². The van der Waals surface area contributed by atoms with Gasteiger partial charge in [0, 0.05) is 10.8 Å². The van der Waals surface area contributed by atoms with E-state index in [9.17, 15) is 9.59 Å². The van der Waals surface area contributed by atoms with Crippen LogP contribution in [0.5, 0.6) is 0 Å². The Morgan fingerprint density at radius 1 is 1.07 bits per heavy atom. The normalized spacial score (nSPS) is 11.4. The van der Waals surface area contributed by atoms with Gasteiger partial charge in [0.05, 0.1) is 11.9 Å². The molecule has 7 nitrogen and oxygen atoms in total. The smallest absolute Gasteiger partial charge is 0.295 e. The third kappa shape index (κ3) is 2.56. The van der Waals surface area contributed by atoms with Gasteiger partial charge >= 0.3 is 0 Å². The fourth-order valence-corrected chi connectivity index (χ4v) is 3.06. The number of ketones is 1. The first kappa shape index (κ1) is 15.4. The minimum absolute atomic E-state index is 0.0510. The van der Waals surface area contributed by atoms with Gasteiger partial charge in [-0.2, -0.15) is 10.1 Å². The number of hydrogen-bond donors (Lipinski definition) is 0. The van der Waals surface area contributed by atoms with Crippen LogP contribution in [-0.2, 0) is 6.42 Å². The Morgan fingerprint density at radius 2 is 1.89 bits per heavy atom. The van der Waals surface area contributed by atoms with E-state index in [2.05, 4.69) is 15.1 Å². The van der Waals surface area contributed by atoms with E-state index in [1.807, 2.05) is 42.5 Å². The molecule has 0 aliphatic carbocycles. The lowest BCUT2D eigenvalue weighted by atomic mass is 10.1. The minimum Gasteiger partial charge on any atom is -0.453 e. The zero-order valence-electron chi connectivity index (χ0n) is 14.0. The molecule has 3 aromatic heterocycles. The molecular weight excluding hydrogens is 344 g/mol. The minimum atomic E-state index is -0.532. The van der Waals surface area contributed by atoms with Gasteiger partial charge in [-0.25, -0.2) is 9.50 Å². The van der Waals surface area contributed by atoms with Crippen LogP contribution in [0.25, 0.3) is 27.5 Å². The summed E-state index contributed by atoms with van der Waals surface area (Å²) in [6, 6.07) is 16.4. The molecule has 7 heteroatoms. The SMILES string of the molecule is O=C(Cc1nn2cnc3ccccc3c2nc1=O)c1cc2ccccc2o1. The highest BCUT2D eigenvalue weighted by atomic mass is 16.3. The molecule has 5 aromatic rings. The molecule has 0 bridgehead atoms. The largest absolute Gasteiger partial charge is 0.453 e. The maximum absolute atomic E-state index is 12.6. The summed E-state index contributed by atoms with van der Waals surface area (Å²) >= 11 is 0. The quantitative estimate of drug-likeness (QED) is 0.365. The summed E-state index contributed by atoms with van der Waals surface area (Å²) in [6.45, 7) is 0. The van der Waals surface area contributed by atoms with Crippen LogP contribution < -0.4 is 5.56 Å². The number of fused-ring (bicyclic) bond motifs is 4. The molecule has 0 N–H and O–H groups in total. The summed E-state index contributed by atoms with van der Waals surface area (Å²) in [6.07, 6.45) is 1.29. The van der Waals surface area contributed by atoms with Crippen LogP contribution >= 0.6 is 0 Å². The lowest BCUT2D eigenvalue weighted by Crippen LogP contribution is -2.22. The fraction of sp³-hybridized carbons (Fsp3) is 0.0500. The van der Waals surface area contributed by atoms with Crippen molar-refractivity contribution in [2.75, 3.05) is 0 Å². The second-order valence-corrected chi connectivity index (χ2v) is 6.14. The van der Waals surface area contributed by atoms with E-state index in [1.54, 1.807) is 12.1 Å². The van der Waals surface area contributed by atoms with Crippen LogP contribution in [0.15, 0.2) is 70.1 Å². The van der Waals surface area contributed by atoms with Gasteiger partial charge in [0.25, 0.3) is 5.56 Å². The molecule has 0 atom stereocenters. The lowest BCUT2D eigenvalue weighted by molar-refractivity contribution is 0.0966. The van der Waals surface area contributed by atoms with Gasteiger partial charge in [-0.1, -0.05) is 30.3 Å². The molecule has 5 rings (SSSR count). The number of para-hydroxylation sites is 2. The Bertz CT molecular complexity index is 1370. The molecule has 0 spiro atoms. The van der Waals surface area contributed by atoms with Crippen molar-refractivity contribution in [3.8, 4) is 0 Å². The summed E-state index contributed by atoms with van der Waals surface area (Å²) in [5.74, 6) is -0.134. The number of furan rings is 1. The van der Waals surface area contributed by atoms with Crippen molar-refractivity contribution in [1.82, 2.24) is 19.6 Å². The summed E-state index contributed by atoms with van der Waals surface area (Å²) in [5.41, 5.74) is 1.27. The molecule has 0 radical (unpaired) electrons. The third-order valence-electron chi connectivity index (χ3n) is 4.38. The van der Waals surface area contributed by atoms with Crippen molar-refractivity contribution in [2.24, 2.45) is 0 Å². The van der Waals surface area contributed by atoms with Gasteiger partial charge in [0.2, 0.25) is 5.78 Å². The summed E-state index contributed by atoms with van der Waals surface area (Å²) in [4.78, 5) is 33.4. The molecule has 0 aliphatic rings. The lowest BCUT2D eigenvalue weighted by Gasteiger charge is -2.04. The standard InChI is InChI=1S/C20H12N4O3/c25-16(18-9-12-5-1-4-8-17(12)27-18)10-15-20(26)22-19-13-6-2-3-7-14(13)21-11-24(19)23-15/h1-9,11H,10H2. The molecule has 3 heterocycles. The number of carbonyl (C=O) groups excluding carboxylic acids is 1. The van der Waals surface area contributed by atoms with Gasteiger partial charge in [-0.15, -0.1) is 0 Å². The van der Waals surface area contributed by atoms with Gasteiger partial charge in [0.15, 0.2) is 11.4 Å². The second kappa shape index (κ2) is 5.84. The summed E-state index contributed by atoms with van der Waals surface area (Å²) < 4.78 is 6.99. The van der Waals surface area contributed by atoms with E-state index < -0.39 is 5.56 Å². The van der Waals surface area contributed by atoms with E-state index >= 15 is 0 Å². The molecule has 130 valence electrons. The molecular formula is C20H12N4O3. The maximum Gasteiger partial charge on any atom is 0.295 e. The number of hydrogen-bond acceptors (Lipinski definition) is 6. The van der Waals surface area contributed by atoms with E-state index in [1.165, 1.54) is 10.8 Å². The molecule has 0 aliphatic heterocycles. The Kier molecular flexibility index (Phi) is 3.33. The average Bonchev–Trinajstić information content (AvgIpc) is 3.13. The van der Waals surface area contributed by atoms with Gasteiger partial charge < -0.3 is 4.42 Å². The Hall–Kier alpha value is -3.87. The molecule has 0 saturated heterocycles. The zero-order valence-corrected chi connectivity index (χ0v) is 14.0. The van der Waals surface area contributed by atoms with E-state index in [0.29, 0.717) is 11.2 Å². The van der Waals surface area contributed by atoms with E-state index in [0.717, 1.165) is 16.3 Å². The third-order valence-corrected chi connectivity index (χ3v) is 4.38. The highest BCUT2D eigenvalue weighted by molar-refractivity contribution is 5.98. The number of rotatable bonds is 3. The first-order chi connectivity index (χ1) is 13.2. The Balaban J connectivity index is 1.56. The number of benzene rings is 2. The van der Waals surface area contributed by atoms with E-state index in [4.69, 9.17) is 4.42 Å². The first-order valence-electron chi connectivity index (χ1n) is 8.34. The molecule has 0 fully saturated rings. The van der Waals surface area contributed by atoms with Crippen molar-refractivity contribution >= 4 is 33.3 Å². The van der Waals surface area contributed by atoms with Crippen LogP contribution in [0, 0.1) is 0 Å². The highest BCUT2D eigenvalue weighted by Gasteiger charge is 2.17. The molecule has 2 aromatic carbocycles. The maximum atomic E-state index is 12.6. The van der Waals surface area contributed by atoms with Gasteiger partial charge in [-0.05, 0) is 24.3 Å². The summed E-state index contributed by atoms with van der Waals surface area (Å²) in [7, 11) is 0. The van der Waals surface area contributed by atoms with Crippen molar-refractivity contribution in [3.05, 3.63) is 82.7 Å². The van der Waals surface area contributed by atoms with Crippen molar-refractivity contribution in [3.63, 3.8) is 0 Å². The van der Waals surface area contributed by atoms with Gasteiger partial charge in [0.1, 0.15) is 17.6 Å². The van der Waals surface area contributed by atoms with Crippen LogP contribution in [0.3, 0.4) is 0 Å². The Morgan fingerprint density at radius 3 is 2.78 bits per heavy atom.